The largest absolute Gasteiger partial charge is 0.368 e. The van der Waals surface area contributed by atoms with Crippen molar-refractivity contribution in [2.75, 3.05) is 0 Å². The maximum Gasteiger partial charge on any atom is 0.129 e. The summed E-state index contributed by atoms with van der Waals surface area (Å²) in [6.07, 6.45) is 5.73. The molecule has 4 unspecified atom stereocenters. The molecule has 0 aromatic heterocycles. The molecule has 0 amide bonds. The predicted octanol–water partition coefficient (Wildman–Crippen LogP) is 4.20. The molecule has 1 fully saturated rings. The topological polar surface area (TPSA) is 35.2 Å². The smallest absolute Gasteiger partial charge is 0.129 e. The molecule has 2 rings (SSSR count). The van der Waals surface area contributed by atoms with E-state index in [0.29, 0.717) is 11.5 Å². The molecular weight excluding hydrogens is 253 g/mol. The van der Waals surface area contributed by atoms with Crippen LogP contribution in [0.4, 0.5) is 4.39 Å². The van der Waals surface area contributed by atoms with Gasteiger partial charge in [-0.05, 0) is 31.7 Å². The Morgan fingerprint density at radius 3 is 2.65 bits per heavy atom. The molecule has 0 spiro atoms. The first-order valence-corrected chi connectivity index (χ1v) is 7.79. The fourth-order valence-electron chi connectivity index (χ4n) is 3.19. The summed E-state index contributed by atoms with van der Waals surface area (Å²) in [6, 6.07) is 6.59. The molecule has 1 aliphatic rings. The van der Waals surface area contributed by atoms with Gasteiger partial charge in [-0.1, -0.05) is 44.4 Å². The van der Waals surface area contributed by atoms with Gasteiger partial charge in [-0.3, -0.25) is 0 Å². The highest BCUT2D eigenvalue weighted by Gasteiger charge is 2.30. The molecule has 0 aliphatic heterocycles. The van der Waals surface area contributed by atoms with Crippen LogP contribution in [0.3, 0.4) is 0 Å². The van der Waals surface area contributed by atoms with Gasteiger partial charge in [-0.15, -0.1) is 0 Å². The summed E-state index contributed by atoms with van der Waals surface area (Å²) in [6.45, 7) is 4.09. The second kappa shape index (κ2) is 7.19. The molecule has 20 heavy (non-hydrogen) atoms. The van der Waals surface area contributed by atoms with Crippen molar-refractivity contribution in [1.82, 2.24) is 0 Å². The number of benzene rings is 1. The van der Waals surface area contributed by atoms with Gasteiger partial charge in [-0.25, -0.2) is 4.39 Å². The molecule has 3 heteroatoms. The van der Waals surface area contributed by atoms with Crippen molar-refractivity contribution >= 4 is 0 Å². The van der Waals surface area contributed by atoms with Gasteiger partial charge in [0.05, 0.1) is 6.10 Å². The third kappa shape index (κ3) is 3.58. The minimum absolute atomic E-state index is 0.212. The molecule has 2 nitrogen and oxygen atoms in total. The van der Waals surface area contributed by atoms with E-state index in [-0.39, 0.29) is 24.1 Å². The lowest BCUT2D eigenvalue weighted by Crippen LogP contribution is -2.35. The van der Waals surface area contributed by atoms with E-state index in [1.165, 1.54) is 25.3 Å². The predicted molar refractivity (Wildman–Crippen MR) is 79.9 cm³/mol. The first-order valence-electron chi connectivity index (χ1n) is 7.79. The number of nitrogens with two attached hydrogens (primary N) is 1. The van der Waals surface area contributed by atoms with Crippen LogP contribution in [0, 0.1) is 11.7 Å². The number of halogens is 1. The average molecular weight is 279 g/mol. The summed E-state index contributed by atoms with van der Waals surface area (Å²) in [5.41, 5.74) is 6.64. The number of hydrogen-bond donors (Lipinski definition) is 1. The summed E-state index contributed by atoms with van der Waals surface area (Å²) in [4.78, 5) is 0. The van der Waals surface area contributed by atoms with Crippen molar-refractivity contribution in [3.63, 3.8) is 0 Å². The van der Waals surface area contributed by atoms with Gasteiger partial charge in [-0.2, -0.15) is 0 Å². The van der Waals surface area contributed by atoms with E-state index in [1.807, 2.05) is 13.0 Å². The second-order valence-electron chi connectivity index (χ2n) is 5.93. The molecule has 1 aliphatic carbocycles. The van der Waals surface area contributed by atoms with Crippen molar-refractivity contribution in [1.29, 1.82) is 0 Å². The molecule has 112 valence electrons. The summed E-state index contributed by atoms with van der Waals surface area (Å²) < 4.78 is 20.3. The third-order valence-corrected chi connectivity index (χ3v) is 4.37. The van der Waals surface area contributed by atoms with Crippen LogP contribution in [0.5, 0.6) is 0 Å². The normalized spacial score (nSPS) is 26.2. The Morgan fingerprint density at radius 1 is 1.30 bits per heavy atom. The van der Waals surface area contributed by atoms with Crippen LogP contribution in [-0.2, 0) is 4.74 Å². The highest BCUT2D eigenvalue weighted by Crippen LogP contribution is 2.34. The molecule has 1 aromatic carbocycles. The van der Waals surface area contributed by atoms with E-state index in [1.54, 1.807) is 12.1 Å². The lowest BCUT2D eigenvalue weighted by atomic mass is 9.84. The second-order valence-corrected chi connectivity index (χ2v) is 5.93. The van der Waals surface area contributed by atoms with Gasteiger partial charge in [0.2, 0.25) is 0 Å². The molecule has 0 radical (unpaired) electrons. The number of rotatable bonds is 5. The summed E-state index contributed by atoms with van der Waals surface area (Å²) >= 11 is 0. The average Bonchev–Trinajstić information content (AvgIpc) is 2.46. The highest BCUT2D eigenvalue weighted by molar-refractivity contribution is 5.21. The Labute approximate surface area is 121 Å². The first-order chi connectivity index (χ1) is 9.63. The lowest BCUT2D eigenvalue weighted by Gasteiger charge is -2.35. The van der Waals surface area contributed by atoms with Crippen LogP contribution in [0.2, 0.25) is 0 Å². The van der Waals surface area contributed by atoms with Crippen molar-refractivity contribution in [3.8, 4) is 0 Å². The first kappa shape index (κ1) is 15.5. The van der Waals surface area contributed by atoms with Crippen LogP contribution in [0.1, 0.15) is 57.6 Å². The fourth-order valence-corrected chi connectivity index (χ4v) is 3.19. The number of hydrogen-bond acceptors (Lipinski definition) is 2. The van der Waals surface area contributed by atoms with Crippen molar-refractivity contribution in [2.24, 2.45) is 11.7 Å². The van der Waals surface area contributed by atoms with Crippen LogP contribution in [0.25, 0.3) is 0 Å². The zero-order chi connectivity index (χ0) is 14.5. The molecule has 0 saturated heterocycles. The molecule has 2 N–H and O–H groups in total. The van der Waals surface area contributed by atoms with Crippen LogP contribution in [-0.4, -0.2) is 12.1 Å². The maximum atomic E-state index is 14.0. The van der Waals surface area contributed by atoms with Crippen LogP contribution in [0.15, 0.2) is 24.3 Å². The standard InChI is InChI=1S/C17H26FNO/c1-3-13-8-4-7-11-16(13)20-17(12(2)19)14-9-5-6-10-15(14)18/h5-6,9-10,12-13,16-17H,3-4,7-8,11,19H2,1-2H3. The SMILES string of the molecule is CCC1CCCCC1OC(c1ccccc1F)C(C)N. The minimum atomic E-state index is -0.353. The Balaban J connectivity index is 2.15. The van der Waals surface area contributed by atoms with E-state index in [9.17, 15) is 4.39 Å². The van der Waals surface area contributed by atoms with Crippen LogP contribution < -0.4 is 5.73 Å². The van der Waals surface area contributed by atoms with Gasteiger partial charge in [0, 0.05) is 11.6 Å². The lowest BCUT2D eigenvalue weighted by molar-refractivity contribution is -0.0712. The van der Waals surface area contributed by atoms with Crippen molar-refractivity contribution in [2.45, 2.75) is 64.2 Å². The van der Waals surface area contributed by atoms with E-state index >= 15 is 0 Å². The Kier molecular flexibility index (Phi) is 5.55. The minimum Gasteiger partial charge on any atom is -0.368 e. The third-order valence-electron chi connectivity index (χ3n) is 4.37. The van der Waals surface area contributed by atoms with E-state index in [2.05, 4.69) is 6.92 Å². The highest BCUT2D eigenvalue weighted by atomic mass is 19.1. The number of ether oxygens (including phenoxy) is 1. The maximum absolute atomic E-state index is 14.0. The molecule has 1 saturated carbocycles. The van der Waals surface area contributed by atoms with Crippen molar-refractivity contribution < 1.29 is 9.13 Å². The zero-order valence-electron chi connectivity index (χ0n) is 12.5. The van der Waals surface area contributed by atoms with Gasteiger partial charge in [0.25, 0.3) is 0 Å². The Hall–Kier alpha value is -0.930. The summed E-state index contributed by atoms with van der Waals surface area (Å²) in [5, 5.41) is 0. The van der Waals surface area contributed by atoms with E-state index in [0.717, 1.165) is 12.8 Å². The molecule has 4 atom stereocenters. The van der Waals surface area contributed by atoms with Gasteiger partial charge in [0.1, 0.15) is 11.9 Å². The van der Waals surface area contributed by atoms with Crippen molar-refractivity contribution in [3.05, 3.63) is 35.6 Å². The monoisotopic (exact) mass is 279 g/mol. The van der Waals surface area contributed by atoms with Gasteiger partial charge >= 0.3 is 0 Å². The summed E-state index contributed by atoms with van der Waals surface area (Å²) in [7, 11) is 0. The molecule has 1 aromatic rings. The summed E-state index contributed by atoms with van der Waals surface area (Å²) in [5.74, 6) is 0.357. The van der Waals surface area contributed by atoms with Crippen LogP contribution >= 0.6 is 0 Å². The Bertz CT molecular complexity index is 421. The zero-order valence-corrected chi connectivity index (χ0v) is 12.5. The molecule has 0 bridgehead atoms. The van der Waals surface area contributed by atoms with Gasteiger partial charge in [0.15, 0.2) is 0 Å². The van der Waals surface area contributed by atoms with Gasteiger partial charge < -0.3 is 10.5 Å². The molecule has 0 heterocycles. The van der Waals surface area contributed by atoms with E-state index < -0.39 is 0 Å². The van der Waals surface area contributed by atoms with E-state index in [4.69, 9.17) is 10.5 Å². The quantitative estimate of drug-likeness (QED) is 0.876. The fraction of sp³-hybridized carbons (Fsp3) is 0.647. The molecular formula is C17H26FNO. The Morgan fingerprint density at radius 2 is 2.00 bits per heavy atom.